The standard InChI is InChI=1S/C13H8N2O3S/c16-11-8(6-10-12(17)15-13(18)19-10)5-7-3-1-2-4-9(7)14-11/h1-6,17H,(H,15,18). The zero-order valence-electron chi connectivity index (χ0n) is 9.58. The van der Waals surface area contributed by atoms with Gasteiger partial charge in [0.2, 0.25) is 5.88 Å². The van der Waals surface area contributed by atoms with Gasteiger partial charge in [0.1, 0.15) is 0 Å². The van der Waals surface area contributed by atoms with Gasteiger partial charge in [-0.1, -0.05) is 29.5 Å². The highest BCUT2D eigenvalue weighted by Crippen LogP contribution is 2.20. The highest BCUT2D eigenvalue weighted by atomic mass is 32.1. The number of aromatic hydroxyl groups is 1. The number of carbonyl (C=O) groups excluding carboxylic acids is 1. The molecule has 1 amide bonds. The van der Waals surface area contributed by atoms with Gasteiger partial charge >= 0.3 is 4.87 Å². The second kappa shape index (κ2) is 4.33. The van der Waals surface area contributed by atoms with Crippen LogP contribution in [0.4, 0.5) is 0 Å². The fraction of sp³-hybridized carbons (Fsp3) is 0. The number of hydrogen-bond donors (Lipinski definition) is 2. The average molecular weight is 272 g/mol. The van der Waals surface area contributed by atoms with E-state index in [9.17, 15) is 14.7 Å². The fourth-order valence-electron chi connectivity index (χ4n) is 1.79. The Bertz CT molecular complexity index is 874. The average Bonchev–Trinajstić information content (AvgIpc) is 2.69. The molecule has 0 saturated carbocycles. The van der Waals surface area contributed by atoms with Gasteiger partial charge in [0.25, 0.3) is 5.91 Å². The smallest absolute Gasteiger partial charge is 0.307 e. The molecule has 1 aliphatic rings. The maximum absolute atomic E-state index is 11.8. The number of para-hydroxylation sites is 1. The quantitative estimate of drug-likeness (QED) is 0.726. The monoisotopic (exact) mass is 272 g/mol. The number of nitrogens with one attached hydrogen (secondary N) is 1. The molecule has 0 unspecified atom stereocenters. The van der Waals surface area contributed by atoms with Gasteiger partial charge in [-0.15, -0.1) is 0 Å². The minimum atomic E-state index is -0.390. The number of hydrogen-bond acceptors (Lipinski definition) is 4. The van der Waals surface area contributed by atoms with E-state index in [-0.39, 0.29) is 16.7 Å². The lowest BCUT2D eigenvalue weighted by molar-refractivity contribution is -0.114. The first kappa shape index (κ1) is 11.6. The van der Waals surface area contributed by atoms with Crippen molar-refractivity contribution in [1.29, 1.82) is 0 Å². The summed E-state index contributed by atoms with van der Waals surface area (Å²) in [7, 11) is 0. The van der Waals surface area contributed by atoms with Crippen LogP contribution in [-0.2, 0) is 4.79 Å². The van der Waals surface area contributed by atoms with Gasteiger partial charge < -0.3 is 5.11 Å². The first-order valence-electron chi connectivity index (χ1n) is 5.47. The molecule has 3 rings (SSSR count). The van der Waals surface area contributed by atoms with Crippen molar-refractivity contribution in [3.05, 3.63) is 55.0 Å². The third kappa shape index (κ3) is 2.13. The van der Waals surface area contributed by atoms with E-state index in [0.29, 0.717) is 15.8 Å². The van der Waals surface area contributed by atoms with Crippen molar-refractivity contribution in [2.45, 2.75) is 0 Å². The van der Waals surface area contributed by atoms with E-state index in [1.807, 2.05) is 18.2 Å². The molecule has 6 heteroatoms. The van der Waals surface area contributed by atoms with Crippen molar-refractivity contribution in [1.82, 2.24) is 4.98 Å². The summed E-state index contributed by atoms with van der Waals surface area (Å²) in [5.41, 5.74) is 0.337. The van der Waals surface area contributed by atoms with Crippen LogP contribution in [0, 0.1) is 0 Å². The summed E-state index contributed by atoms with van der Waals surface area (Å²) >= 11 is 0.840. The Morgan fingerprint density at radius 3 is 2.79 bits per heavy atom. The van der Waals surface area contributed by atoms with Gasteiger partial charge in [-0.05, 0) is 18.2 Å². The zero-order chi connectivity index (χ0) is 13.4. The van der Waals surface area contributed by atoms with Crippen LogP contribution in [0.2, 0.25) is 0 Å². The summed E-state index contributed by atoms with van der Waals surface area (Å²) in [6.07, 6.45) is 3.15. The topological polar surface area (TPSA) is 82.5 Å². The largest absolute Gasteiger partial charge is 0.493 e. The summed E-state index contributed by atoms with van der Waals surface area (Å²) in [5, 5.41) is 10.9. The number of amides is 1. The number of carbonyl (C=O) groups is 1. The van der Waals surface area contributed by atoms with E-state index < -0.39 is 0 Å². The molecule has 1 aromatic carbocycles. The molecule has 19 heavy (non-hydrogen) atoms. The Morgan fingerprint density at radius 1 is 1.26 bits per heavy atom. The molecule has 0 fully saturated rings. The van der Waals surface area contributed by atoms with E-state index >= 15 is 0 Å². The number of fused-ring (bicyclic) bond motifs is 1. The predicted octanol–water partition coefficient (Wildman–Crippen LogP) is 0.166. The third-order valence-electron chi connectivity index (χ3n) is 2.66. The second-order valence-electron chi connectivity index (χ2n) is 3.95. The fourth-order valence-corrected chi connectivity index (χ4v) is 2.47. The van der Waals surface area contributed by atoms with Crippen molar-refractivity contribution in [2.75, 3.05) is 0 Å². The molecule has 0 bridgehead atoms. The number of benzene rings is 1. The zero-order valence-corrected chi connectivity index (χ0v) is 10.4. The summed E-state index contributed by atoms with van der Waals surface area (Å²) in [6, 6.07) is 7.26. The van der Waals surface area contributed by atoms with Gasteiger partial charge in [-0.3, -0.25) is 14.6 Å². The van der Waals surface area contributed by atoms with Crippen LogP contribution in [0.5, 0.6) is 5.88 Å². The number of rotatable bonds is 1. The molecule has 1 aliphatic heterocycles. The van der Waals surface area contributed by atoms with Crippen LogP contribution in [-0.4, -0.2) is 16.0 Å². The molecule has 0 aliphatic carbocycles. The summed E-state index contributed by atoms with van der Waals surface area (Å²) in [5.74, 6) is -0.624. The Hall–Kier alpha value is -2.47. The van der Waals surface area contributed by atoms with E-state index in [2.05, 4.69) is 9.98 Å². The van der Waals surface area contributed by atoms with Crippen molar-refractivity contribution >= 4 is 29.4 Å². The maximum atomic E-state index is 11.8. The lowest BCUT2D eigenvalue weighted by Crippen LogP contribution is -2.29. The number of nitrogens with zero attached hydrogens (tertiary/aromatic N) is 1. The first-order chi connectivity index (χ1) is 9.13. The number of aromatic amines is 1. The molecule has 2 aromatic rings. The van der Waals surface area contributed by atoms with Crippen molar-refractivity contribution in [3.8, 4) is 5.88 Å². The minimum absolute atomic E-state index is 0.234. The van der Waals surface area contributed by atoms with Gasteiger partial charge in [0.15, 0.2) is 0 Å². The molecule has 2 N–H and O–H groups in total. The second-order valence-corrected chi connectivity index (χ2v) is 4.96. The van der Waals surface area contributed by atoms with Gasteiger partial charge in [-0.25, -0.2) is 4.99 Å². The van der Waals surface area contributed by atoms with Crippen molar-refractivity contribution < 1.29 is 9.90 Å². The molecule has 0 spiro atoms. The van der Waals surface area contributed by atoms with E-state index in [1.54, 1.807) is 12.1 Å². The summed E-state index contributed by atoms with van der Waals surface area (Å²) in [4.78, 5) is 29.1. The highest BCUT2D eigenvalue weighted by Gasteiger charge is 2.12. The number of thiazole rings is 1. The summed E-state index contributed by atoms with van der Waals surface area (Å²) in [6.45, 7) is 0. The maximum Gasteiger partial charge on any atom is 0.307 e. The van der Waals surface area contributed by atoms with E-state index in [1.165, 1.54) is 6.08 Å². The molecule has 2 heterocycles. The van der Waals surface area contributed by atoms with Gasteiger partial charge in [0, 0.05) is 10.8 Å². The number of aromatic nitrogens is 1. The van der Waals surface area contributed by atoms with Crippen LogP contribution in [0.3, 0.4) is 0 Å². The van der Waals surface area contributed by atoms with Gasteiger partial charge in [-0.2, -0.15) is 0 Å². The van der Waals surface area contributed by atoms with E-state index in [0.717, 1.165) is 16.6 Å². The van der Waals surface area contributed by atoms with Crippen LogP contribution in [0.15, 0.2) is 39.6 Å². The molecule has 5 nitrogen and oxygen atoms in total. The number of H-pyrrole nitrogens is 1. The van der Waals surface area contributed by atoms with Crippen LogP contribution >= 0.6 is 11.3 Å². The first-order valence-corrected chi connectivity index (χ1v) is 6.29. The lowest BCUT2D eigenvalue weighted by Gasteiger charge is -2.02. The molecule has 0 atom stereocenters. The Morgan fingerprint density at radius 2 is 2.05 bits per heavy atom. The normalized spacial score (nSPS) is 15.8. The Kier molecular flexibility index (Phi) is 2.64. The molecule has 1 aromatic heterocycles. The molecular formula is C13H8N2O3S. The minimum Gasteiger partial charge on any atom is -0.493 e. The molecule has 0 saturated heterocycles. The van der Waals surface area contributed by atoms with Crippen molar-refractivity contribution in [2.24, 2.45) is 4.99 Å². The lowest BCUT2D eigenvalue weighted by atomic mass is 10.1. The summed E-state index contributed by atoms with van der Waals surface area (Å²) < 4.78 is 0. The van der Waals surface area contributed by atoms with Crippen LogP contribution in [0.1, 0.15) is 4.88 Å². The van der Waals surface area contributed by atoms with Crippen LogP contribution < -0.4 is 15.4 Å². The van der Waals surface area contributed by atoms with Gasteiger partial charge in [0.05, 0.1) is 10.2 Å². The predicted molar refractivity (Wildman–Crippen MR) is 71.3 cm³/mol. The Balaban J connectivity index is 2.18. The molecule has 94 valence electrons. The highest BCUT2D eigenvalue weighted by molar-refractivity contribution is 7.10. The van der Waals surface area contributed by atoms with E-state index in [4.69, 9.17) is 0 Å². The SMILES string of the molecule is O=C1N=c2ccccc2=CC1=Cc1sc(=O)[nH]c1O. The van der Waals surface area contributed by atoms with Crippen LogP contribution in [0.25, 0.3) is 12.2 Å². The Labute approximate surface area is 110 Å². The molecular weight excluding hydrogens is 264 g/mol. The third-order valence-corrected chi connectivity index (χ3v) is 3.48. The molecule has 0 radical (unpaired) electrons. The van der Waals surface area contributed by atoms with Crippen molar-refractivity contribution in [3.63, 3.8) is 0 Å².